The van der Waals surface area contributed by atoms with Gasteiger partial charge < -0.3 is 9.13 Å². The Bertz CT molecular complexity index is 4250. The van der Waals surface area contributed by atoms with Crippen molar-refractivity contribution in [2.24, 2.45) is 0 Å². The number of para-hydroxylation sites is 4. The first kappa shape index (κ1) is 39.0. The van der Waals surface area contributed by atoms with E-state index in [1.165, 1.54) is 27.2 Å². The summed E-state index contributed by atoms with van der Waals surface area (Å²) >= 11 is 0. The molecule has 5 aromatic heterocycles. The van der Waals surface area contributed by atoms with Crippen molar-refractivity contribution < 1.29 is 0 Å². The quantitative estimate of drug-likeness (QED) is 0.160. The van der Waals surface area contributed by atoms with Crippen LogP contribution in [0.1, 0.15) is 18.7 Å². The molecule has 13 aromatic rings. The average Bonchev–Trinajstić information content (AvgIpc) is 4.07. The number of allylic oxidation sites excluding steroid dienone is 4. The third kappa shape index (κ3) is 6.28. The van der Waals surface area contributed by atoms with Gasteiger partial charge in [0.25, 0.3) is 0 Å². The van der Waals surface area contributed by atoms with Crippen molar-refractivity contribution >= 4 is 71.0 Å². The average molecular weight is 884 g/mol. The highest BCUT2D eigenvalue weighted by atomic mass is 15.2. The van der Waals surface area contributed by atoms with Gasteiger partial charge in [-0.1, -0.05) is 158 Å². The highest BCUT2D eigenvalue weighted by Gasteiger charge is 2.24. The van der Waals surface area contributed by atoms with Crippen LogP contribution in [0.5, 0.6) is 0 Å². The van der Waals surface area contributed by atoms with Crippen molar-refractivity contribution in [2.45, 2.75) is 12.8 Å². The number of hydrogen-bond acceptors (Lipinski definition) is 4. The summed E-state index contributed by atoms with van der Waals surface area (Å²) in [5, 5.41) is 6.98. The minimum atomic E-state index is 0.576. The first-order valence-corrected chi connectivity index (χ1v) is 23.5. The van der Waals surface area contributed by atoms with Crippen molar-refractivity contribution in [2.75, 3.05) is 0 Å². The largest absolute Gasteiger partial charge is 0.309 e. The predicted octanol–water partition coefficient (Wildman–Crippen LogP) is 15.3. The lowest BCUT2D eigenvalue weighted by molar-refractivity contribution is 0.928. The molecular formula is C62H41N7. The molecule has 0 atom stereocenters. The molecule has 324 valence electrons. The van der Waals surface area contributed by atoms with E-state index >= 15 is 0 Å². The minimum Gasteiger partial charge on any atom is -0.309 e. The first-order valence-electron chi connectivity index (χ1n) is 23.5. The van der Waals surface area contributed by atoms with Crippen LogP contribution in [0.15, 0.2) is 224 Å². The van der Waals surface area contributed by atoms with Gasteiger partial charge in [0.05, 0.1) is 44.5 Å². The molecule has 0 N–H and O–H groups in total. The summed E-state index contributed by atoms with van der Waals surface area (Å²) in [6.07, 6.45) is 8.53. The zero-order valence-corrected chi connectivity index (χ0v) is 37.4. The molecule has 7 nitrogen and oxygen atoms in total. The Kier molecular flexibility index (Phi) is 8.89. The molecule has 8 aromatic carbocycles. The van der Waals surface area contributed by atoms with Crippen LogP contribution in [0.4, 0.5) is 0 Å². The second-order valence-corrected chi connectivity index (χ2v) is 17.7. The standard InChI is InChI=1S/C62H41N7/c1-4-18-40(19-5-1)60-64-61(41-20-6-2-7-21-41)66-62(65-60)69-56-33-15-11-27-47(56)50-36-35-49-46-26-10-14-32-55(46)68(58(49)59(50)69)45-25-16-22-42(38-45)52-29-17-30-53(63-52)43-34-37-57-51(39-43)48-28-12-13-31-54(48)67(57)44-23-8-3-9-24-44/h1,3-6,8-39H,2,7H2. The molecule has 0 saturated carbocycles. The molecule has 0 saturated heterocycles. The normalized spacial score (nSPS) is 12.8. The van der Waals surface area contributed by atoms with E-state index in [9.17, 15) is 0 Å². The highest BCUT2D eigenvalue weighted by molar-refractivity contribution is 6.23. The van der Waals surface area contributed by atoms with Crippen LogP contribution in [0, 0.1) is 0 Å². The number of pyridine rings is 1. The Morgan fingerprint density at radius 3 is 1.59 bits per heavy atom. The van der Waals surface area contributed by atoms with Crippen molar-refractivity contribution in [1.82, 2.24) is 33.6 Å². The maximum absolute atomic E-state index is 5.37. The van der Waals surface area contributed by atoms with Crippen molar-refractivity contribution in [3.8, 4) is 51.2 Å². The van der Waals surface area contributed by atoms with Crippen LogP contribution in [-0.4, -0.2) is 33.6 Å². The lowest BCUT2D eigenvalue weighted by Gasteiger charge is -2.14. The van der Waals surface area contributed by atoms with E-state index in [-0.39, 0.29) is 0 Å². The van der Waals surface area contributed by atoms with Gasteiger partial charge in [-0.25, -0.2) is 9.97 Å². The molecule has 7 heteroatoms. The Labute approximate surface area is 397 Å². The molecule has 1 aliphatic rings. The fourth-order valence-corrected chi connectivity index (χ4v) is 10.6. The van der Waals surface area contributed by atoms with E-state index in [0.717, 1.165) is 96.1 Å². The van der Waals surface area contributed by atoms with Crippen molar-refractivity contribution in [3.05, 3.63) is 230 Å². The van der Waals surface area contributed by atoms with Crippen LogP contribution < -0.4 is 0 Å². The smallest absolute Gasteiger partial charge is 0.238 e. The van der Waals surface area contributed by atoms with Crippen LogP contribution in [0.2, 0.25) is 0 Å². The molecule has 0 amide bonds. The predicted molar refractivity (Wildman–Crippen MR) is 283 cm³/mol. The van der Waals surface area contributed by atoms with E-state index in [0.29, 0.717) is 17.6 Å². The molecular weight excluding hydrogens is 843 g/mol. The number of rotatable bonds is 7. The van der Waals surface area contributed by atoms with Gasteiger partial charge in [-0.2, -0.15) is 9.97 Å². The SMILES string of the molecule is C1=CC(c2nc(-c3ccccc3)nc(-n3c4ccccc4c4ccc5c6ccccc6n(-c6cccc(-c7cccc(-c8ccc9c(c8)c8ccccc8n9-c8ccccc8)n7)c6)c5c43)n2)=CCC1. The number of nitrogens with zero attached hydrogens (tertiary/aromatic N) is 7. The fourth-order valence-electron chi connectivity index (χ4n) is 10.6. The lowest BCUT2D eigenvalue weighted by atomic mass is 10.0. The minimum absolute atomic E-state index is 0.576. The van der Waals surface area contributed by atoms with Crippen molar-refractivity contribution in [3.63, 3.8) is 0 Å². The maximum Gasteiger partial charge on any atom is 0.238 e. The molecule has 0 radical (unpaired) electrons. The van der Waals surface area contributed by atoms with Gasteiger partial charge in [0.15, 0.2) is 11.6 Å². The Morgan fingerprint density at radius 2 is 0.884 bits per heavy atom. The number of hydrogen-bond donors (Lipinski definition) is 0. The monoisotopic (exact) mass is 883 g/mol. The third-order valence-electron chi connectivity index (χ3n) is 13.7. The van der Waals surface area contributed by atoms with Crippen LogP contribution >= 0.6 is 0 Å². The third-order valence-corrected chi connectivity index (χ3v) is 13.7. The molecule has 1 aliphatic carbocycles. The molecule has 14 rings (SSSR count). The van der Waals surface area contributed by atoms with E-state index in [4.69, 9.17) is 19.9 Å². The molecule has 69 heavy (non-hydrogen) atoms. The second-order valence-electron chi connectivity index (χ2n) is 17.7. The van der Waals surface area contributed by atoms with E-state index in [2.05, 4.69) is 220 Å². The van der Waals surface area contributed by atoms with Gasteiger partial charge in [-0.15, -0.1) is 0 Å². The molecule has 0 aliphatic heterocycles. The zero-order valence-electron chi connectivity index (χ0n) is 37.4. The number of fused-ring (bicyclic) bond motifs is 10. The summed E-state index contributed by atoms with van der Waals surface area (Å²) in [5.74, 6) is 1.87. The first-order chi connectivity index (χ1) is 34.2. The van der Waals surface area contributed by atoms with Gasteiger partial charge in [-0.3, -0.25) is 4.57 Å². The zero-order chi connectivity index (χ0) is 45.4. The van der Waals surface area contributed by atoms with Crippen LogP contribution in [-0.2, 0) is 0 Å². The summed E-state index contributed by atoms with van der Waals surface area (Å²) < 4.78 is 7.02. The summed E-state index contributed by atoms with van der Waals surface area (Å²) in [5.41, 5.74) is 14.6. The Morgan fingerprint density at radius 1 is 0.333 bits per heavy atom. The second kappa shape index (κ2) is 15.7. The molecule has 0 fully saturated rings. The van der Waals surface area contributed by atoms with Gasteiger partial charge >= 0.3 is 0 Å². The number of aromatic nitrogens is 7. The lowest BCUT2D eigenvalue weighted by Crippen LogP contribution is -2.09. The molecule has 0 spiro atoms. The Hall–Kier alpha value is -9.20. The molecule has 5 heterocycles. The highest BCUT2D eigenvalue weighted by Crippen LogP contribution is 2.42. The van der Waals surface area contributed by atoms with Crippen LogP contribution in [0.25, 0.3) is 122 Å². The van der Waals surface area contributed by atoms with E-state index in [1.54, 1.807) is 0 Å². The van der Waals surface area contributed by atoms with Crippen molar-refractivity contribution in [1.29, 1.82) is 0 Å². The summed E-state index contributed by atoms with van der Waals surface area (Å²) in [4.78, 5) is 21.1. The van der Waals surface area contributed by atoms with Crippen LogP contribution in [0.3, 0.4) is 0 Å². The van der Waals surface area contributed by atoms with E-state index in [1.807, 2.05) is 18.2 Å². The van der Waals surface area contributed by atoms with Gasteiger partial charge in [-0.05, 0) is 79.6 Å². The van der Waals surface area contributed by atoms with Gasteiger partial charge in [0.1, 0.15) is 0 Å². The Balaban J connectivity index is 0.962. The maximum atomic E-state index is 5.37. The summed E-state index contributed by atoms with van der Waals surface area (Å²) in [6, 6.07) is 73.2. The summed E-state index contributed by atoms with van der Waals surface area (Å²) in [6.45, 7) is 0. The topological polar surface area (TPSA) is 66.3 Å². The summed E-state index contributed by atoms with van der Waals surface area (Å²) in [7, 11) is 0. The number of benzene rings is 8. The van der Waals surface area contributed by atoms with Gasteiger partial charge in [0, 0.05) is 66.0 Å². The molecule has 0 unspecified atom stereocenters. The fraction of sp³-hybridized carbons (Fsp3) is 0.0323. The molecule has 0 bridgehead atoms. The van der Waals surface area contributed by atoms with E-state index < -0.39 is 0 Å². The van der Waals surface area contributed by atoms with Gasteiger partial charge in [0.2, 0.25) is 5.95 Å².